The zero-order valence-electron chi connectivity index (χ0n) is 13.7. The van der Waals surface area contributed by atoms with E-state index in [1.54, 1.807) is 24.3 Å². The van der Waals surface area contributed by atoms with Crippen molar-refractivity contribution >= 4 is 17.4 Å². The van der Waals surface area contributed by atoms with E-state index in [1.165, 1.54) is 6.20 Å². The van der Waals surface area contributed by atoms with Crippen molar-refractivity contribution < 1.29 is 4.79 Å². The van der Waals surface area contributed by atoms with Gasteiger partial charge in [0.2, 0.25) is 0 Å². The molecule has 2 atom stereocenters. The van der Waals surface area contributed by atoms with Crippen molar-refractivity contribution in [3.05, 3.63) is 41.6 Å². The molecule has 25 heavy (non-hydrogen) atoms. The molecule has 7 nitrogen and oxygen atoms in total. The van der Waals surface area contributed by atoms with Crippen LogP contribution in [0.5, 0.6) is 0 Å². The molecule has 0 saturated heterocycles. The lowest BCUT2D eigenvalue weighted by Gasteiger charge is -2.27. The second kappa shape index (κ2) is 8.51. The summed E-state index contributed by atoms with van der Waals surface area (Å²) in [7, 11) is 0. The van der Waals surface area contributed by atoms with Crippen LogP contribution in [0.2, 0.25) is 0 Å². The summed E-state index contributed by atoms with van der Waals surface area (Å²) in [4.78, 5) is 11.7. The summed E-state index contributed by atoms with van der Waals surface area (Å²) in [5, 5.41) is 31.9. The monoisotopic (exact) mass is 336 g/mol. The molecule has 7 heteroatoms. The van der Waals surface area contributed by atoms with E-state index in [1.807, 2.05) is 6.07 Å². The van der Waals surface area contributed by atoms with Crippen molar-refractivity contribution in [1.29, 1.82) is 15.9 Å². The van der Waals surface area contributed by atoms with E-state index in [9.17, 15) is 10.1 Å². The first-order valence-corrected chi connectivity index (χ1v) is 8.07. The maximum Gasteiger partial charge on any atom is 0.253 e. The third kappa shape index (κ3) is 4.82. The molecule has 0 spiro atoms. The Bertz CT molecular complexity index is 753. The molecule has 1 aliphatic rings. The first-order chi connectivity index (χ1) is 12.0. The third-order valence-corrected chi connectivity index (χ3v) is 4.19. The van der Waals surface area contributed by atoms with Gasteiger partial charge >= 0.3 is 0 Å². The van der Waals surface area contributed by atoms with Crippen molar-refractivity contribution in [2.45, 2.75) is 31.7 Å². The molecule has 1 aliphatic carbocycles. The molecular weight excluding hydrogens is 316 g/mol. The number of nitriles is 2. The molecule has 1 aromatic rings. The molecule has 0 heterocycles. The molecule has 128 valence electrons. The predicted molar refractivity (Wildman–Crippen MR) is 94.3 cm³/mol. The van der Waals surface area contributed by atoms with Crippen LogP contribution in [0.4, 0.5) is 5.69 Å². The van der Waals surface area contributed by atoms with Crippen molar-refractivity contribution in [3.8, 4) is 12.1 Å². The summed E-state index contributed by atoms with van der Waals surface area (Å²) in [5.74, 6) is -0.989. The SMILES string of the molecule is N#Cc1ccc(NC(=N)/C(=C\N[C@H]2CCCCC2C#N)C(N)=O)cc1. The molecule has 1 amide bonds. The number of amidine groups is 1. The van der Waals surface area contributed by atoms with Gasteiger partial charge in [-0.15, -0.1) is 0 Å². The van der Waals surface area contributed by atoms with Crippen molar-refractivity contribution in [2.75, 3.05) is 5.32 Å². The largest absolute Gasteiger partial charge is 0.386 e. The molecule has 1 unspecified atom stereocenters. The number of nitrogens with one attached hydrogen (secondary N) is 3. The predicted octanol–water partition coefficient (Wildman–Crippen LogP) is 1.99. The van der Waals surface area contributed by atoms with Gasteiger partial charge < -0.3 is 16.4 Å². The van der Waals surface area contributed by atoms with Crippen LogP contribution >= 0.6 is 0 Å². The lowest BCUT2D eigenvalue weighted by Crippen LogP contribution is -2.36. The lowest BCUT2D eigenvalue weighted by atomic mass is 9.85. The summed E-state index contributed by atoms with van der Waals surface area (Å²) in [5.41, 5.74) is 6.47. The van der Waals surface area contributed by atoms with Crippen molar-refractivity contribution in [3.63, 3.8) is 0 Å². The van der Waals surface area contributed by atoms with E-state index < -0.39 is 5.91 Å². The van der Waals surface area contributed by atoms with Gasteiger partial charge in [-0.1, -0.05) is 12.8 Å². The second-order valence-electron chi connectivity index (χ2n) is 5.90. The normalized spacial score (nSPS) is 20.0. The molecular formula is C18H20N6O. The zero-order chi connectivity index (χ0) is 18.2. The topological polar surface area (TPSA) is 139 Å². The van der Waals surface area contributed by atoms with Gasteiger partial charge in [0.25, 0.3) is 5.91 Å². The smallest absolute Gasteiger partial charge is 0.253 e. The van der Waals surface area contributed by atoms with Crippen LogP contribution in [0.1, 0.15) is 31.2 Å². The maximum atomic E-state index is 11.7. The fourth-order valence-electron chi connectivity index (χ4n) is 2.78. The van der Waals surface area contributed by atoms with Crippen molar-refractivity contribution in [1.82, 2.24) is 5.32 Å². The van der Waals surface area contributed by atoms with Gasteiger partial charge in [-0.2, -0.15) is 10.5 Å². The maximum absolute atomic E-state index is 11.7. The minimum atomic E-state index is -0.733. The average molecular weight is 336 g/mol. The van der Waals surface area contributed by atoms with Gasteiger partial charge in [-0.25, -0.2) is 0 Å². The van der Waals surface area contributed by atoms with Crippen LogP contribution in [0.15, 0.2) is 36.0 Å². The average Bonchev–Trinajstić information content (AvgIpc) is 2.62. The van der Waals surface area contributed by atoms with Crippen LogP contribution in [0.3, 0.4) is 0 Å². The van der Waals surface area contributed by atoms with Gasteiger partial charge in [-0.05, 0) is 37.1 Å². The number of rotatable bonds is 5. The summed E-state index contributed by atoms with van der Waals surface area (Å²) in [6.07, 6.45) is 5.14. The molecule has 5 N–H and O–H groups in total. The fraction of sp³-hybridized carbons (Fsp3) is 0.333. The Morgan fingerprint density at radius 1 is 1.24 bits per heavy atom. The number of carbonyl (C=O) groups is 1. The van der Waals surface area contributed by atoms with Crippen LogP contribution in [-0.2, 0) is 4.79 Å². The zero-order valence-corrected chi connectivity index (χ0v) is 13.7. The Hall–Kier alpha value is -3.32. The molecule has 1 aromatic carbocycles. The molecule has 2 rings (SSSR count). The molecule has 0 aliphatic heterocycles. The highest BCUT2D eigenvalue weighted by Gasteiger charge is 2.24. The Morgan fingerprint density at radius 2 is 1.92 bits per heavy atom. The number of hydrogen-bond acceptors (Lipinski definition) is 5. The molecule has 0 bridgehead atoms. The van der Waals surface area contributed by atoms with Gasteiger partial charge in [0, 0.05) is 17.9 Å². The number of amides is 1. The lowest BCUT2D eigenvalue weighted by molar-refractivity contribution is -0.114. The van der Waals surface area contributed by atoms with E-state index in [-0.39, 0.29) is 23.4 Å². The van der Waals surface area contributed by atoms with Crippen LogP contribution in [0, 0.1) is 34.0 Å². The van der Waals surface area contributed by atoms with Crippen LogP contribution in [-0.4, -0.2) is 17.8 Å². The molecule has 0 aromatic heterocycles. The minimum Gasteiger partial charge on any atom is -0.386 e. The first kappa shape index (κ1) is 18.0. The summed E-state index contributed by atoms with van der Waals surface area (Å²) in [6, 6.07) is 10.8. The Kier molecular flexibility index (Phi) is 6.14. The number of benzene rings is 1. The van der Waals surface area contributed by atoms with Gasteiger partial charge in [0.15, 0.2) is 0 Å². The Labute approximate surface area is 146 Å². The minimum absolute atomic E-state index is 0.00613. The number of hydrogen-bond donors (Lipinski definition) is 4. The number of carbonyl (C=O) groups excluding carboxylic acids is 1. The number of primary amides is 1. The van der Waals surface area contributed by atoms with E-state index in [0.29, 0.717) is 11.3 Å². The van der Waals surface area contributed by atoms with Crippen molar-refractivity contribution in [2.24, 2.45) is 11.7 Å². The standard InChI is InChI=1S/C18H20N6O/c19-9-12-5-7-14(8-6-12)24-17(21)15(18(22)25)11-23-16-4-2-1-3-13(16)10-20/h5-8,11,13,16,23H,1-4H2,(H2,21,24)(H2,22,25)/b15-11+/t13?,16-/m0/s1. The summed E-state index contributed by atoms with van der Waals surface area (Å²) < 4.78 is 0. The van der Waals surface area contributed by atoms with E-state index in [2.05, 4.69) is 16.7 Å². The van der Waals surface area contributed by atoms with E-state index in [4.69, 9.17) is 16.4 Å². The molecule has 1 saturated carbocycles. The number of nitrogens with zero attached hydrogens (tertiary/aromatic N) is 2. The van der Waals surface area contributed by atoms with E-state index >= 15 is 0 Å². The second-order valence-corrected chi connectivity index (χ2v) is 5.90. The quantitative estimate of drug-likeness (QED) is 0.370. The summed E-state index contributed by atoms with van der Waals surface area (Å²) >= 11 is 0. The number of anilines is 1. The van der Waals surface area contributed by atoms with Crippen LogP contribution in [0.25, 0.3) is 0 Å². The molecule has 0 radical (unpaired) electrons. The fourth-order valence-corrected chi connectivity index (χ4v) is 2.78. The molecule has 1 fully saturated rings. The highest BCUT2D eigenvalue weighted by atomic mass is 16.1. The third-order valence-electron chi connectivity index (χ3n) is 4.19. The van der Waals surface area contributed by atoms with Crippen LogP contribution < -0.4 is 16.4 Å². The Morgan fingerprint density at radius 3 is 2.52 bits per heavy atom. The van der Waals surface area contributed by atoms with Gasteiger partial charge in [0.1, 0.15) is 5.84 Å². The number of nitrogens with two attached hydrogens (primary N) is 1. The first-order valence-electron chi connectivity index (χ1n) is 8.07. The summed E-state index contributed by atoms with van der Waals surface area (Å²) in [6.45, 7) is 0. The Balaban J connectivity index is 2.08. The van der Waals surface area contributed by atoms with Gasteiger partial charge in [0.05, 0.1) is 29.2 Å². The van der Waals surface area contributed by atoms with E-state index in [0.717, 1.165) is 25.7 Å². The highest BCUT2D eigenvalue weighted by molar-refractivity contribution is 6.23. The highest BCUT2D eigenvalue weighted by Crippen LogP contribution is 2.23. The van der Waals surface area contributed by atoms with Gasteiger partial charge in [-0.3, -0.25) is 10.2 Å².